The molecule has 0 saturated carbocycles. The van der Waals surface area contributed by atoms with Crippen LogP contribution in [0, 0.1) is 0 Å². The van der Waals surface area contributed by atoms with Gasteiger partial charge in [0.05, 0.1) is 31.6 Å². The predicted octanol–water partition coefficient (Wildman–Crippen LogP) is 0.302. The van der Waals surface area contributed by atoms with Crippen LogP contribution in [0.4, 0.5) is 5.82 Å². The minimum atomic E-state index is -0.513. The van der Waals surface area contributed by atoms with Crippen LogP contribution >= 0.6 is 11.6 Å². The van der Waals surface area contributed by atoms with Crippen LogP contribution in [0.3, 0.4) is 0 Å². The van der Waals surface area contributed by atoms with Crippen LogP contribution < -0.4 is 5.32 Å². The Hall–Kier alpha value is -0.910. The molecule has 1 aromatic rings. The first-order valence-electron chi connectivity index (χ1n) is 4.25. The summed E-state index contributed by atoms with van der Waals surface area (Å²) in [5, 5.41) is 12.9. The fourth-order valence-corrected chi connectivity index (χ4v) is 1.44. The first kappa shape index (κ1) is 9.64. The van der Waals surface area contributed by atoms with Crippen LogP contribution in [0.15, 0.2) is 12.5 Å². The van der Waals surface area contributed by atoms with Crippen molar-refractivity contribution in [3.8, 4) is 0 Å². The lowest BCUT2D eigenvalue weighted by Crippen LogP contribution is -2.32. The van der Waals surface area contributed by atoms with E-state index in [4.69, 9.17) is 16.3 Å². The van der Waals surface area contributed by atoms with Gasteiger partial charge in [-0.15, -0.1) is 0 Å². The molecule has 1 aliphatic rings. The number of hydrogen-bond donors (Lipinski definition) is 2. The third kappa shape index (κ3) is 1.95. The normalized spacial score (nSPS) is 26.4. The lowest BCUT2D eigenvalue weighted by atomic mass is 10.2. The fraction of sp³-hybridized carbons (Fsp3) is 0.500. The molecule has 2 N–H and O–H groups in total. The molecule has 0 radical (unpaired) electrons. The highest BCUT2D eigenvalue weighted by Gasteiger charge is 2.26. The molecule has 5 nitrogen and oxygen atoms in total. The van der Waals surface area contributed by atoms with Gasteiger partial charge in [0.1, 0.15) is 17.2 Å². The topological polar surface area (TPSA) is 67.3 Å². The number of anilines is 1. The van der Waals surface area contributed by atoms with E-state index >= 15 is 0 Å². The van der Waals surface area contributed by atoms with Crippen molar-refractivity contribution in [3.63, 3.8) is 0 Å². The number of ether oxygens (including phenoxy) is 1. The largest absolute Gasteiger partial charge is 0.388 e. The molecule has 1 aliphatic heterocycles. The Kier molecular flexibility index (Phi) is 2.81. The highest BCUT2D eigenvalue weighted by molar-refractivity contribution is 6.32. The second-order valence-corrected chi connectivity index (χ2v) is 3.48. The Morgan fingerprint density at radius 3 is 3.07 bits per heavy atom. The van der Waals surface area contributed by atoms with Gasteiger partial charge >= 0.3 is 0 Å². The van der Waals surface area contributed by atoms with E-state index in [1.165, 1.54) is 12.5 Å². The van der Waals surface area contributed by atoms with Crippen molar-refractivity contribution in [2.75, 3.05) is 18.5 Å². The van der Waals surface area contributed by atoms with Crippen molar-refractivity contribution in [1.29, 1.82) is 0 Å². The molecule has 1 fully saturated rings. The maximum absolute atomic E-state index is 9.47. The molecule has 0 aromatic carbocycles. The van der Waals surface area contributed by atoms with E-state index in [0.717, 1.165) is 0 Å². The summed E-state index contributed by atoms with van der Waals surface area (Å²) in [6.45, 7) is 0.807. The molecule has 0 unspecified atom stereocenters. The van der Waals surface area contributed by atoms with Crippen LogP contribution in [0.1, 0.15) is 0 Å². The third-order valence-corrected chi connectivity index (χ3v) is 2.32. The maximum Gasteiger partial charge on any atom is 0.148 e. The average Bonchev–Trinajstić information content (AvgIpc) is 2.56. The van der Waals surface area contributed by atoms with Crippen molar-refractivity contribution in [1.82, 2.24) is 9.97 Å². The number of nitrogens with zero attached hydrogens (tertiary/aromatic N) is 2. The molecule has 0 amide bonds. The SMILES string of the molecule is O[C@@H]1COC[C@H]1Nc1ncncc1Cl. The second-order valence-electron chi connectivity index (χ2n) is 3.07. The van der Waals surface area contributed by atoms with Crippen LogP contribution in [0.5, 0.6) is 0 Å². The number of halogens is 1. The molecule has 2 atom stereocenters. The van der Waals surface area contributed by atoms with E-state index in [0.29, 0.717) is 24.1 Å². The lowest BCUT2D eigenvalue weighted by Gasteiger charge is -2.15. The molecule has 76 valence electrons. The zero-order valence-electron chi connectivity index (χ0n) is 7.35. The lowest BCUT2D eigenvalue weighted by molar-refractivity contribution is 0.125. The van der Waals surface area contributed by atoms with Gasteiger partial charge in [-0.3, -0.25) is 0 Å². The Balaban J connectivity index is 2.07. The van der Waals surface area contributed by atoms with E-state index < -0.39 is 6.10 Å². The van der Waals surface area contributed by atoms with Crippen molar-refractivity contribution >= 4 is 17.4 Å². The number of hydrogen-bond acceptors (Lipinski definition) is 5. The summed E-state index contributed by atoms with van der Waals surface area (Å²) in [5.41, 5.74) is 0. The summed E-state index contributed by atoms with van der Waals surface area (Å²) < 4.78 is 5.08. The molecular weight excluding hydrogens is 206 g/mol. The van der Waals surface area contributed by atoms with E-state index in [2.05, 4.69) is 15.3 Å². The minimum Gasteiger partial charge on any atom is -0.388 e. The molecule has 14 heavy (non-hydrogen) atoms. The Morgan fingerprint density at radius 2 is 2.43 bits per heavy atom. The fourth-order valence-electron chi connectivity index (χ4n) is 1.28. The third-order valence-electron chi connectivity index (χ3n) is 2.04. The number of nitrogens with one attached hydrogen (secondary N) is 1. The summed E-state index contributed by atoms with van der Waals surface area (Å²) in [6.07, 6.45) is 2.39. The molecule has 0 spiro atoms. The summed E-state index contributed by atoms with van der Waals surface area (Å²) in [6, 6.07) is -0.151. The first-order valence-corrected chi connectivity index (χ1v) is 4.63. The number of aliphatic hydroxyl groups excluding tert-OH is 1. The summed E-state index contributed by atoms with van der Waals surface area (Å²) in [4.78, 5) is 7.72. The zero-order chi connectivity index (χ0) is 9.97. The van der Waals surface area contributed by atoms with Gasteiger partial charge in [0.25, 0.3) is 0 Å². The molecule has 0 aliphatic carbocycles. The van der Waals surface area contributed by atoms with E-state index in [-0.39, 0.29) is 6.04 Å². The Morgan fingerprint density at radius 1 is 1.57 bits per heavy atom. The van der Waals surface area contributed by atoms with Gasteiger partial charge in [0.2, 0.25) is 0 Å². The summed E-state index contributed by atoms with van der Waals surface area (Å²) >= 11 is 5.84. The van der Waals surface area contributed by atoms with Crippen molar-refractivity contribution in [2.24, 2.45) is 0 Å². The van der Waals surface area contributed by atoms with Crippen LogP contribution in [-0.2, 0) is 4.74 Å². The Labute approximate surface area is 86.1 Å². The van der Waals surface area contributed by atoms with E-state index in [1.807, 2.05) is 0 Å². The van der Waals surface area contributed by atoms with Gasteiger partial charge in [0.15, 0.2) is 0 Å². The van der Waals surface area contributed by atoms with Crippen molar-refractivity contribution in [2.45, 2.75) is 12.1 Å². The smallest absolute Gasteiger partial charge is 0.148 e. The van der Waals surface area contributed by atoms with Gasteiger partial charge in [-0.05, 0) is 0 Å². The summed E-state index contributed by atoms with van der Waals surface area (Å²) in [5.74, 6) is 0.524. The molecular formula is C8H10ClN3O2. The molecule has 2 heterocycles. The first-order chi connectivity index (χ1) is 6.77. The van der Waals surface area contributed by atoms with E-state index in [9.17, 15) is 5.11 Å². The van der Waals surface area contributed by atoms with Crippen molar-refractivity contribution < 1.29 is 9.84 Å². The summed E-state index contributed by atoms with van der Waals surface area (Å²) in [7, 11) is 0. The number of aliphatic hydroxyl groups is 1. The molecule has 1 aromatic heterocycles. The molecule has 6 heteroatoms. The highest BCUT2D eigenvalue weighted by atomic mass is 35.5. The van der Waals surface area contributed by atoms with Gasteiger partial charge in [0, 0.05) is 0 Å². The Bertz CT molecular complexity index is 323. The number of rotatable bonds is 2. The van der Waals surface area contributed by atoms with Gasteiger partial charge < -0.3 is 15.2 Å². The van der Waals surface area contributed by atoms with Crippen LogP contribution in [0.2, 0.25) is 5.02 Å². The molecule has 1 saturated heterocycles. The molecule has 0 bridgehead atoms. The average molecular weight is 216 g/mol. The van der Waals surface area contributed by atoms with E-state index in [1.54, 1.807) is 0 Å². The standard InChI is InChI=1S/C8H10ClN3O2/c9-5-1-10-4-11-8(5)12-6-2-14-3-7(6)13/h1,4,6-7,13H,2-3H2,(H,10,11,12)/t6-,7-/m1/s1. The quantitative estimate of drug-likeness (QED) is 0.743. The van der Waals surface area contributed by atoms with Gasteiger partial charge in [-0.25, -0.2) is 9.97 Å². The van der Waals surface area contributed by atoms with Gasteiger partial charge in [-0.1, -0.05) is 11.6 Å². The predicted molar refractivity (Wildman–Crippen MR) is 51.3 cm³/mol. The maximum atomic E-state index is 9.47. The highest BCUT2D eigenvalue weighted by Crippen LogP contribution is 2.19. The monoisotopic (exact) mass is 215 g/mol. The van der Waals surface area contributed by atoms with Crippen LogP contribution in [0.25, 0.3) is 0 Å². The zero-order valence-corrected chi connectivity index (χ0v) is 8.11. The second kappa shape index (κ2) is 4.08. The minimum absolute atomic E-state index is 0.151. The number of aromatic nitrogens is 2. The van der Waals surface area contributed by atoms with Crippen LogP contribution in [-0.4, -0.2) is 40.4 Å². The molecule has 2 rings (SSSR count). The van der Waals surface area contributed by atoms with Crippen molar-refractivity contribution in [3.05, 3.63) is 17.5 Å². The van der Waals surface area contributed by atoms with Gasteiger partial charge in [-0.2, -0.15) is 0 Å².